The Bertz CT molecular complexity index is 820. The summed E-state index contributed by atoms with van der Waals surface area (Å²) < 4.78 is 25.5. The Labute approximate surface area is 153 Å². The lowest BCUT2D eigenvalue weighted by molar-refractivity contribution is 0.205. The molecule has 2 amide bonds. The number of rotatable bonds is 2. The van der Waals surface area contributed by atoms with E-state index in [1.54, 1.807) is 11.1 Å². The molecule has 0 unspecified atom stereocenters. The average Bonchev–Trinajstić information content (AvgIpc) is 3.24. The monoisotopic (exact) mass is 379 g/mol. The van der Waals surface area contributed by atoms with Gasteiger partial charge in [0.2, 0.25) is 5.95 Å². The predicted octanol–water partition coefficient (Wildman–Crippen LogP) is 0.891. The molecule has 1 aromatic rings. The molecule has 3 aliphatic heterocycles. The third-order valence-corrected chi connectivity index (χ3v) is 7.52. The lowest BCUT2D eigenvalue weighted by atomic mass is 10.00. The van der Waals surface area contributed by atoms with E-state index in [0.29, 0.717) is 18.1 Å². The maximum absolute atomic E-state index is 12.7. The minimum Gasteiger partial charge on any atom is -0.341 e. The molecule has 1 N–H and O–H groups in total. The van der Waals surface area contributed by atoms with Crippen molar-refractivity contribution in [2.45, 2.75) is 49.7 Å². The number of nitrogens with zero attached hydrogens (tertiary/aromatic N) is 4. The van der Waals surface area contributed by atoms with E-state index in [1.165, 1.54) is 0 Å². The van der Waals surface area contributed by atoms with Gasteiger partial charge in [0.15, 0.2) is 9.84 Å². The van der Waals surface area contributed by atoms with E-state index in [1.807, 2.05) is 13.8 Å². The molecule has 9 heteroatoms. The second kappa shape index (κ2) is 6.37. The second-order valence-electron chi connectivity index (χ2n) is 7.74. The van der Waals surface area contributed by atoms with Crippen LogP contribution in [-0.4, -0.2) is 66.8 Å². The Hall–Kier alpha value is -1.90. The van der Waals surface area contributed by atoms with Gasteiger partial charge < -0.3 is 15.1 Å². The van der Waals surface area contributed by atoms with Crippen molar-refractivity contribution in [1.82, 2.24) is 20.2 Å². The van der Waals surface area contributed by atoms with Crippen molar-refractivity contribution in [3.63, 3.8) is 0 Å². The normalized spacial score (nSPS) is 26.7. The topological polar surface area (TPSA) is 95.5 Å². The molecule has 2 fully saturated rings. The summed E-state index contributed by atoms with van der Waals surface area (Å²) in [5, 5.41) is 2.28. The van der Waals surface area contributed by atoms with Crippen LogP contribution in [0.3, 0.4) is 0 Å². The Morgan fingerprint density at radius 1 is 1.27 bits per heavy atom. The number of hydrogen-bond donors (Lipinski definition) is 1. The van der Waals surface area contributed by atoms with Crippen LogP contribution in [0.25, 0.3) is 0 Å². The first kappa shape index (κ1) is 17.5. The van der Waals surface area contributed by atoms with Crippen molar-refractivity contribution in [2.24, 2.45) is 0 Å². The zero-order valence-corrected chi connectivity index (χ0v) is 16.0. The number of sulfone groups is 1. The van der Waals surface area contributed by atoms with E-state index in [0.717, 1.165) is 31.6 Å². The molecule has 2 atom stereocenters. The number of anilines is 1. The molecule has 0 radical (unpaired) electrons. The van der Waals surface area contributed by atoms with Crippen molar-refractivity contribution in [1.29, 1.82) is 0 Å². The second-order valence-corrected chi connectivity index (χ2v) is 9.96. The highest BCUT2D eigenvalue weighted by Gasteiger charge is 2.48. The van der Waals surface area contributed by atoms with E-state index in [9.17, 15) is 13.2 Å². The van der Waals surface area contributed by atoms with Gasteiger partial charge in [0.25, 0.3) is 0 Å². The molecule has 4 heterocycles. The third-order valence-electron chi connectivity index (χ3n) is 5.41. The Morgan fingerprint density at radius 3 is 2.69 bits per heavy atom. The smallest absolute Gasteiger partial charge is 0.317 e. The molecule has 0 spiro atoms. The van der Waals surface area contributed by atoms with Crippen molar-refractivity contribution in [3.05, 3.63) is 17.5 Å². The first-order valence-corrected chi connectivity index (χ1v) is 10.9. The predicted molar refractivity (Wildman–Crippen MR) is 97.9 cm³/mol. The highest BCUT2D eigenvalue weighted by molar-refractivity contribution is 7.91. The van der Waals surface area contributed by atoms with Gasteiger partial charge in [-0.1, -0.05) is 0 Å². The van der Waals surface area contributed by atoms with Crippen LogP contribution in [0.2, 0.25) is 0 Å². The fourth-order valence-corrected chi connectivity index (χ4v) is 6.13. The van der Waals surface area contributed by atoms with Crippen LogP contribution in [0, 0.1) is 0 Å². The zero-order chi connectivity index (χ0) is 18.5. The summed E-state index contributed by atoms with van der Waals surface area (Å²) in [6.45, 7) is 6.27. The summed E-state index contributed by atoms with van der Waals surface area (Å²) in [4.78, 5) is 25.3. The van der Waals surface area contributed by atoms with Gasteiger partial charge in [-0.05, 0) is 26.7 Å². The molecule has 1 aromatic heterocycles. The number of hydrogen-bond acceptors (Lipinski definition) is 6. The molecule has 3 aliphatic rings. The van der Waals surface area contributed by atoms with Gasteiger partial charge in [0.1, 0.15) is 0 Å². The quantitative estimate of drug-likeness (QED) is 0.820. The van der Waals surface area contributed by atoms with E-state index in [2.05, 4.69) is 15.2 Å². The number of urea groups is 1. The van der Waals surface area contributed by atoms with Crippen molar-refractivity contribution < 1.29 is 13.2 Å². The molecule has 8 nitrogen and oxygen atoms in total. The number of aromatic nitrogens is 2. The van der Waals surface area contributed by atoms with Crippen LogP contribution >= 0.6 is 0 Å². The van der Waals surface area contributed by atoms with Crippen molar-refractivity contribution in [2.75, 3.05) is 31.1 Å². The summed E-state index contributed by atoms with van der Waals surface area (Å²) >= 11 is 0. The SMILES string of the molecule is CC(C)NC(=O)N1C[C@H]2c3nc(N4CCCC4)ncc3CS(=O)(=O)[C@H]2C1. The Morgan fingerprint density at radius 2 is 2.00 bits per heavy atom. The van der Waals surface area contributed by atoms with E-state index < -0.39 is 15.1 Å². The summed E-state index contributed by atoms with van der Waals surface area (Å²) in [5.74, 6) is 0.374. The van der Waals surface area contributed by atoms with Crippen LogP contribution in [0.1, 0.15) is 43.9 Å². The van der Waals surface area contributed by atoms with E-state index in [-0.39, 0.29) is 30.3 Å². The molecule has 0 aliphatic carbocycles. The van der Waals surface area contributed by atoms with E-state index in [4.69, 9.17) is 4.98 Å². The summed E-state index contributed by atoms with van der Waals surface area (Å²) in [6, 6.07) is -0.196. The first-order chi connectivity index (χ1) is 12.3. The van der Waals surface area contributed by atoms with Gasteiger partial charge in [0, 0.05) is 49.9 Å². The van der Waals surface area contributed by atoms with Crippen molar-refractivity contribution in [3.8, 4) is 0 Å². The lowest BCUT2D eigenvalue weighted by Crippen LogP contribution is -2.42. The standard InChI is InChI=1S/C17H25N5O3S/c1-11(2)19-17(23)22-8-13-14(9-22)26(24,25)10-12-7-18-16(20-15(12)13)21-5-3-4-6-21/h7,11,13-14H,3-6,8-10H2,1-2H3,(H,19,23)/t13-,14+/m1/s1. The molecule has 0 saturated carbocycles. The molecule has 26 heavy (non-hydrogen) atoms. The zero-order valence-electron chi connectivity index (χ0n) is 15.2. The summed E-state index contributed by atoms with van der Waals surface area (Å²) in [5.41, 5.74) is 1.49. The molecule has 142 valence electrons. The molecular formula is C17H25N5O3S. The first-order valence-electron chi connectivity index (χ1n) is 9.23. The molecule has 0 bridgehead atoms. The van der Waals surface area contributed by atoms with Gasteiger partial charge in [-0.15, -0.1) is 0 Å². The van der Waals surface area contributed by atoms with Gasteiger partial charge in [-0.25, -0.2) is 23.2 Å². The minimum absolute atomic E-state index is 0.0121. The summed E-state index contributed by atoms with van der Waals surface area (Å²) in [7, 11) is -3.32. The fraction of sp³-hybridized carbons (Fsp3) is 0.706. The fourth-order valence-electron chi connectivity index (χ4n) is 4.14. The third kappa shape index (κ3) is 3.02. The van der Waals surface area contributed by atoms with E-state index >= 15 is 0 Å². The van der Waals surface area contributed by atoms with Crippen LogP contribution in [0.4, 0.5) is 10.7 Å². The largest absolute Gasteiger partial charge is 0.341 e. The van der Waals surface area contributed by atoms with Gasteiger partial charge in [0.05, 0.1) is 16.7 Å². The number of amides is 2. The van der Waals surface area contributed by atoms with Crippen LogP contribution in [0.5, 0.6) is 0 Å². The minimum atomic E-state index is -3.32. The van der Waals surface area contributed by atoms with Gasteiger partial charge in [-0.3, -0.25) is 0 Å². The molecule has 2 saturated heterocycles. The number of nitrogens with one attached hydrogen (secondary N) is 1. The molecule has 4 rings (SSSR count). The number of fused-ring (bicyclic) bond motifs is 3. The number of carbonyl (C=O) groups is 1. The van der Waals surface area contributed by atoms with Crippen LogP contribution in [0.15, 0.2) is 6.20 Å². The Balaban J connectivity index is 1.66. The number of carbonyl (C=O) groups excluding carboxylic acids is 1. The van der Waals surface area contributed by atoms with Gasteiger partial charge in [-0.2, -0.15) is 0 Å². The maximum atomic E-state index is 12.7. The molecular weight excluding hydrogens is 354 g/mol. The maximum Gasteiger partial charge on any atom is 0.317 e. The highest BCUT2D eigenvalue weighted by Crippen LogP contribution is 2.39. The lowest BCUT2D eigenvalue weighted by Gasteiger charge is -2.27. The summed E-state index contributed by atoms with van der Waals surface area (Å²) in [6.07, 6.45) is 3.93. The number of likely N-dealkylation sites (tertiary alicyclic amines) is 1. The van der Waals surface area contributed by atoms with Crippen LogP contribution < -0.4 is 10.2 Å². The van der Waals surface area contributed by atoms with Gasteiger partial charge >= 0.3 is 6.03 Å². The highest BCUT2D eigenvalue weighted by atomic mass is 32.2. The molecule has 0 aromatic carbocycles. The van der Waals surface area contributed by atoms with Crippen molar-refractivity contribution >= 4 is 21.8 Å². The Kier molecular flexibility index (Phi) is 4.29. The average molecular weight is 379 g/mol. The van der Waals surface area contributed by atoms with Crippen LogP contribution in [-0.2, 0) is 15.6 Å².